The van der Waals surface area contributed by atoms with Crippen LogP contribution in [0.4, 0.5) is 0 Å². The molecule has 0 atom stereocenters. The smallest absolute Gasteiger partial charge is 0.0943 e. The van der Waals surface area contributed by atoms with E-state index in [9.17, 15) is 0 Å². The molecule has 0 saturated carbocycles. The fraction of sp³-hybridized carbons (Fsp3) is 0.125. The van der Waals surface area contributed by atoms with E-state index in [2.05, 4.69) is 15.2 Å². The van der Waals surface area contributed by atoms with E-state index in [1.807, 2.05) is 29.9 Å². The molecule has 0 N–H and O–H groups in total. The van der Waals surface area contributed by atoms with Crippen LogP contribution in [0.3, 0.4) is 0 Å². The molecule has 62 valence electrons. The van der Waals surface area contributed by atoms with Gasteiger partial charge in [0.2, 0.25) is 0 Å². The van der Waals surface area contributed by atoms with E-state index in [1.54, 1.807) is 24.9 Å². The quantitative estimate of drug-likeness (QED) is 0.578. The van der Waals surface area contributed by atoms with Crippen molar-refractivity contribution >= 4 is 0 Å². The van der Waals surface area contributed by atoms with Crippen LogP contribution >= 0.6 is 0 Å². The number of aromatic nitrogens is 4. The third-order valence-electron chi connectivity index (χ3n) is 1.12. The summed E-state index contributed by atoms with van der Waals surface area (Å²) in [5.74, 6) is 0. The van der Waals surface area contributed by atoms with Crippen LogP contribution in [0.5, 0.6) is 0 Å². The summed E-state index contributed by atoms with van der Waals surface area (Å²) in [6.07, 6.45) is 8.67. The maximum absolute atomic E-state index is 3.78. The lowest BCUT2D eigenvalue weighted by Gasteiger charge is -1.76. The Morgan fingerprint density at radius 3 is 1.83 bits per heavy atom. The van der Waals surface area contributed by atoms with Gasteiger partial charge in [0.1, 0.15) is 0 Å². The number of hydrogen-bond acceptors (Lipinski definition) is 3. The van der Waals surface area contributed by atoms with Crippen LogP contribution in [0.25, 0.3) is 0 Å². The minimum atomic E-state index is 1.64. The van der Waals surface area contributed by atoms with Crippen molar-refractivity contribution in [2.24, 2.45) is 7.05 Å². The Balaban J connectivity index is 0.000000120. The molecule has 0 radical (unpaired) electrons. The van der Waals surface area contributed by atoms with Gasteiger partial charge in [0.25, 0.3) is 0 Å². The Morgan fingerprint density at radius 1 is 1.00 bits per heavy atom. The fourth-order valence-corrected chi connectivity index (χ4v) is 0.579. The lowest BCUT2D eigenvalue weighted by atomic mass is 10.6. The van der Waals surface area contributed by atoms with Gasteiger partial charge in [0.15, 0.2) is 0 Å². The molecule has 0 aliphatic carbocycles. The first-order valence-corrected chi connectivity index (χ1v) is 3.53. The van der Waals surface area contributed by atoms with Crippen LogP contribution in [0.15, 0.2) is 43.2 Å². The van der Waals surface area contributed by atoms with Gasteiger partial charge >= 0.3 is 0 Å². The van der Waals surface area contributed by atoms with Crippen molar-refractivity contribution in [3.05, 3.63) is 43.2 Å². The van der Waals surface area contributed by atoms with Crippen molar-refractivity contribution < 1.29 is 0 Å². The molecule has 4 heteroatoms. The summed E-state index contributed by atoms with van der Waals surface area (Å²) in [5, 5.41) is 7.07. The summed E-state index contributed by atoms with van der Waals surface area (Å²) in [6.45, 7) is 0. The first-order valence-electron chi connectivity index (χ1n) is 3.53. The molecule has 0 aliphatic rings. The molecule has 0 bridgehead atoms. The molecule has 0 saturated heterocycles. The average molecular weight is 162 g/mol. The number of imidazole rings is 1. The van der Waals surface area contributed by atoms with Gasteiger partial charge < -0.3 is 4.57 Å². The number of nitrogens with zero attached hydrogens (tertiary/aromatic N) is 4. The van der Waals surface area contributed by atoms with Gasteiger partial charge in [-0.25, -0.2) is 4.98 Å². The highest BCUT2D eigenvalue weighted by molar-refractivity contribution is 4.79. The summed E-state index contributed by atoms with van der Waals surface area (Å²) in [5.41, 5.74) is 0. The van der Waals surface area contributed by atoms with Crippen molar-refractivity contribution in [2.45, 2.75) is 0 Å². The number of hydrogen-bond donors (Lipinski definition) is 0. The van der Waals surface area contributed by atoms with Crippen molar-refractivity contribution in [1.29, 1.82) is 0 Å². The van der Waals surface area contributed by atoms with Gasteiger partial charge in [-0.15, -0.1) is 0 Å². The van der Waals surface area contributed by atoms with Gasteiger partial charge in [-0.3, -0.25) is 0 Å². The van der Waals surface area contributed by atoms with Crippen LogP contribution in [0, 0.1) is 0 Å². The lowest BCUT2D eigenvalue weighted by Crippen LogP contribution is -1.76. The Kier molecular flexibility index (Phi) is 3.50. The third-order valence-corrected chi connectivity index (χ3v) is 1.12. The van der Waals surface area contributed by atoms with E-state index < -0.39 is 0 Å². The summed E-state index contributed by atoms with van der Waals surface area (Å²) in [7, 11) is 1.94. The normalized spacial score (nSPS) is 8.42. The van der Waals surface area contributed by atoms with Crippen molar-refractivity contribution in [3.63, 3.8) is 0 Å². The second-order valence-electron chi connectivity index (χ2n) is 2.14. The van der Waals surface area contributed by atoms with Crippen molar-refractivity contribution in [2.75, 3.05) is 0 Å². The van der Waals surface area contributed by atoms with E-state index in [0.29, 0.717) is 0 Å². The lowest BCUT2D eigenvalue weighted by molar-refractivity contribution is 0.913. The molecule has 0 amide bonds. The SMILES string of the molecule is Cn1ccnc1.c1ccnnc1. The zero-order valence-corrected chi connectivity index (χ0v) is 6.83. The number of aryl methyl sites for hydroxylation is 1. The Morgan fingerprint density at radius 2 is 1.67 bits per heavy atom. The maximum Gasteiger partial charge on any atom is 0.0943 e. The molecule has 0 aliphatic heterocycles. The van der Waals surface area contributed by atoms with Gasteiger partial charge in [0, 0.05) is 31.8 Å². The monoisotopic (exact) mass is 162 g/mol. The predicted octanol–water partition coefficient (Wildman–Crippen LogP) is 0.897. The van der Waals surface area contributed by atoms with Crippen LogP contribution in [0.1, 0.15) is 0 Å². The summed E-state index contributed by atoms with van der Waals surface area (Å²) in [6, 6.07) is 3.65. The molecule has 12 heavy (non-hydrogen) atoms. The standard InChI is InChI=1S/C4H6N2.C4H4N2/c1-6-3-2-5-4-6;1-2-4-6-5-3-1/h2-4H,1H3;1-4H. The molecule has 0 unspecified atom stereocenters. The minimum absolute atomic E-state index is 1.64. The second kappa shape index (κ2) is 5.01. The van der Waals surface area contributed by atoms with Crippen LogP contribution < -0.4 is 0 Å². The highest BCUT2D eigenvalue weighted by Gasteiger charge is 1.69. The van der Waals surface area contributed by atoms with Crippen LogP contribution in [0.2, 0.25) is 0 Å². The Hall–Kier alpha value is -1.71. The zero-order valence-electron chi connectivity index (χ0n) is 6.83. The molecule has 0 spiro atoms. The van der Waals surface area contributed by atoms with Crippen molar-refractivity contribution in [3.8, 4) is 0 Å². The van der Waals surface area contributed by atoms with Crippen molar-refractivity contribution in [1.82, 2.24) is 19.7 Å². The molecule has 0 aromatic carbocycles. The topological polar surface area (TPSA) is 43.6 Å². The largest absolute Gasteiger partial charge is 0.341 e. The first kappa shape index (κ1) is 8.39. The molecular formula is C8H10N4. The molecule has 0 fully saturated rings. The van der Waals surface area contributed by atoms with E-state index in [0.717, 1.165) is 0 Å². The molecule has 2 heterocycles. The van der Waals surface area contributed by atoms with Crippen LogP contribution in [-0.2, 0) is 7.05 Å². The highest BCUT2D eigenvalue weighted by atomic mass is 15.1. The summed E-state index contributed by atoms with van der Waals surface area (Å²) in [4.78, 5) is 3.78. The third kappa shape index (κ3) is 3.46. The van der Waals surface area contributed by atoms with E-state index in [1.165, 1.54) is 0 Å². The number of rotatable bonds is 0. The first-order chi connectivity index (χ1) is 5.89. The summed E-state index contributed by atoms with van der Waals surface area (Å²) >= 11 is 0. The zero-order chi connectivity index (χ0) is 8.65. The second-order valence-corrected chi connectivity index (χ2v) is 2.14. The van der Waals surface area contributed by atoms with Gasteiger partial charge in [-0.05, 0) is 12.1 Å². The molecule has 2 aromatic heterocycles. The summed E-state index contributed by atoms with van der Waals surface area (Å²) < 4.78 is 1.89. The molecular weight excluding hydrogens is 152 g/mol. The highest BCUT2D eigenvalue weighted by Crippen LogP contribution is 1.73. The minimum Gasteiger partial charge on any atom is -0.341 e. The molecule has 2 aromatic rings. The fourth-order valence-electron chi connectivity index (χ4n) is 0.579. The van der Waals surface area contributed by atoms with E-state index in [4.69, 9.17) is 0 Å². The van der Waals surface area contributed by atoms with Gasteiger partial charge in [-0.2, -0.15) is 10.2 Å². The Labute approximate surface area is 70.9 Å². The van der Waals surface area contributed by atoms with E-state index in [-0.39, 0.29) is 0 Å². The maximum atomic E-state index is 3.78. The van der Waals surface area contributed by atoms with Gasteiger partial charge in [0.05, 0.1) is 6.33 Å². The predicted molar refractivity (Wildman–Crippen MR) is 45.2 cm³/mol. The molecule has 2 rings (SSSR count). The van der Waals surface area contributed by atoms with Crippen LogP contribution in [-0.4, -0.2) is 19.7 Å². The Bertz CT molecular complexity index is 250. The van der Waals surface area contributed by atoms with Gasteiger partial charge in [-0.1, -0.05) is 0 Å². The average Bonchev–Trinajstić information content (AvgIpc) is 2.60. The van der Waals surface area contributed by atoms with E-state index >= 15 is 0 Å². The molecule has 4 nitrogen and oxygen atoms in total.